The van der Waals surface area contributed by atoms with Crippen molar-refractivity contribution >= 4 is 50.7 Å². The van der Waals surface area contributed by atoms with Crippen LogP contribution in [0.15, 0.2) is 71.6 Å². The van der Waals surface area contributed by atoms with Crippen molar-refractivity contribution < 1.29 is 22.7 Å². The van der Waals surface area contributed by atoms with E-state index >= 15 is 0 Å². The van der Waals surface area contributed by atoms with Crippen molar-refractivity contribution in [3.8, 4) is 5.75 Å². The number of methoxy groups -OCH3 is 1. The van der Waals surface area contributed by atoms with Crippen LogP contribution in [0.3, 0.4) is 0 Å². The topological polar surface area (TPSA) is 96.0 Å². The summed E-state index contributed by atoms with van der Waals surface area (Å²) in [6.07, 6.45) is 2.02. The van der Waals surface area contributed by atoms with Crippen LogP contribution < -0.4 is 14.4 Å². The third-order valence-corrected chi connectivity index (χ3v) is 9.33. The van der Waals surface area contributed by atoms with Gasteiger partial charge in [-0.1, -0.05) is 67.2 Å². The van der Waals surface area contributed by atoms with E-state index in [0.29, 0.717) is 40.0 Å². The van der Waals surface area contributed by atoms with E-state index < -0.39 is 28.5 Å². The summed E-state index contributed by atoms with van der Waals surface area (Å²) >= 11 is 12.4. The summed E-state index contributed by atoms with van der Waals surface area (Å²) in [5.41, 5.74) is 1.90. The number of aryl methyl sites for hydroxylation is 1. The maximum atomic E-state index is 14.1. The molecule has 0 aliphatic rings. The fourth-order valence-corrected chi connectivity index (χ4v) is 6.11. The molecule has 8 nitrogen and oxygen atoms in total. The van der Waals surface area contributed by atoms with E-state index in [2.05, 4.69) is 5.32 Å². The number of sulfonamides is 1. The molecule has 0 bridgehead atoms. The minimum atomic E-state index is -4.18. The van der Waals surface area contributed by atoms with Crippen LogP contribution in [-0.4, -0.2) is 51.4 Å². The number of anilines is 1. The predicted octanol–water partition coefficient (Wildman–Crippen LogP) is 6.23. The molecule has 226 valence electrons. The first kappa shape index (κ1) is 33.2. The number of carbonyl (C=O) groups is 2. The maximum absolute atomic E-state index is 14.1. The Kier molecular flexibility index (Phi) is 12.1. The summed E-state index contributed by atoms with van der Waals surface area (Å²) < 4.78 is 34.2. The van der Waals surface area contributed by atoms with E-state index in [0.717, 1.165) is 22.7 Å². The number of nitrogens with zero attached hydrogens (tertiary/aromatic N) is 2. The molecule has 0 aromatic heterocycles. The van der Waals surface area contributed by atoms with Gasteiger partial charge in [-0.15, -0.1) is 0 Å². The molecule has 0 radical (unpaired) electrons. The Morgan fingerprint density at radius 3 is 2.19 bits per heavy atom. The minimum Gasteiger partial charge on any atom is -0.497 e. The molecule has 0 saturated heterocycles. The van der Waals surface area contributed by atoms with Crippen molar-refractivity contribution in [2.75, 3.05) is 24.5 Å². The predicted molar refractivity (Wildman–Crippen MR) is 168 cm³/mol. The van der Waals surface area contributed by atoms with Gasteiger partial charge in [0.2, 0.25) is 11.8 Å². The van der Waals surface area contributed by atoms with Gasteiger partial charge in [-0.05, 0) is 73.9 Å². The van der Waals surface area contributed by atoms with Crippen LogP contribution in [0.25, 0.3) is 0 Å². The van der Waals surface area contributed by atoms with Crippen molar-refractivity contribution in [3.05, 3.63) is 87.9 Å². The van der Waals surface area contributed by atoms with Gasteiger partial charge in [-0.2, -0.15) is 0 Å². The molecule has 2 amide bonds. The van der Waals surface area contributed by atoms with Crippen LogP contribution >= 0.6 is 23.2 Å². The van der Waals surface area contributed by atoms with Crippen molar-refractivity contribution in [2.45, 2.75) is 57.5 Å². The molecule has 0 aliphatic heterocycles. The molecular weight excluding hydrogens is 597 g/mol. The van der Waals surface area contributed by atoms with E-state index in [-0.39, 0.29) is 17.3 Å². The summed E-state index contributed by atoms with van der Waals surface area (Å²) in [6.45, 7) is 5.69. The van der Waals surface area contributed by atoms with E-state index in [1.807, 2.05) is 20.8 Å². The Hall–Kier alpha value is -3.27. The Bertz CT molecular complexity index is 1460. The second-order valence-corrected chi connectivity index (χ2v) is 12.5. The van der Waals surface area contributed by atoms with Crippen molar-refractivity contribution in [2.24, 2.45) is 0 Å². The molecule has 3 aromatic carbocycles. The number of carbonyl (C=O) groups excluding carboxylic acids is 2. The Balaban J connectivity index is 2.04. The highest BCUT2D eigenvalue weighted by molar-refractivity contribution is 7.92. The fraction of sp³-hybridized carbons (Fsp3) is 0.355. The van der Waals surface area contributed by atoms with E-state index in [1.54, 1.807) is 54.6 Å². The number of nitrogens with one attached hydrogen (secondary N) is 1. The number of hydrogen-bond acceptors (Lipinski definition) is 5. The third-order valence-electron chi connectivity index (χ3n) is 6.80. The first-order chi connectivity index (χ1) is 20.0. The van der Waals surface area contributed by atoms with Gasteiger partial charge in [0, 0.05) is 13.1 Å². The van der Waals surface area contributed by atoms with Crippen LogP contribution in [-0.2, 0) is 26.2 Å². The average Bonchev–Trinajstić information content (AvgIpc) is 2.98. The van der Waals surface area contributed by atoms with Gasteiger partial charge in [0.15, 0.2) is 0 Å². The first-order valence-electron chi connectivity index (χ1n) is 13.8. The normalized spacial score (nSPS) is 12.0. The number of ether oxygens (including phenoxy) is 1. The number of benzene rings is 3. The smallest absolute Gasteiger partial charge is 0.264 e. The summed E-state index contributed by atoms with van der Waals surface area (Å²) in [5.74, 6) is -0.352. The maximum Gasteiger partial charge on any atom is 0.264 e. The molecule has 0 aliphatic carbocycles. The summed E-state index contributed by atoms with van der Waals surface area (Å²) in [4.78, 5) is 28.8. The molecule has 3 aromatic rings. The summed E-state index contributed by atoms with van der Waals surface area (Å²) in [5, 5.41) is 3.58. The van der Waals surface area contributed by atoms with Crippen LogP contribution in [0.1, 0.15) is 44.2 Å². The average molecular weight is 635 g/mol. The number of rotatable bonds is 14. The molecule has 11 heteroatoms. The second-order valence-electron chi connectivity index (χ2n) is 9.86. The zero-order valence-corrected chi connectivity index (χ0v) is 26.6. The Morgan fingerprint density at radius 2 is 1.62 bits per heavy atom. The standard InChI is InChI=1S/C31H37Cl2N3O5S/c1-5-7-18-34-31(38)29(6-2)35(20-23-10-17-27(32)28(33)19-23)30(37)21-36(24-11-8-22(3)9-12-24)42(39,40)26-15-13-25(41-4)14-16-26/h8-17,19,29H,5-7,18,20-21H2,1-4H3,(H,34,38)/t29-/m0/s1. The number of halogens is 2. The molecule has 1 atom stereocenters. The Morgan fingerprint density at radius 1 is 0.952 bits per heavy atom. The highest BCUT2D eigenvalue weighted by Crippen LogP contribution is 2.27. The minimum absolute atomic E-state index is 0.00272. The van der Waals surface area contributed by atoms with Gasteiger partial charge in [0.25, 0.3) is 10.0 Å². The van der Waals surface area contributed by atoms with E-state index in [4.69, 9.17) is 27.9 Å². The third kappa shape index (κ3) is 8.40. The highest BCUT2D eigenvalue weighted by Gasteiger charge is 2.33. The lowest BCUT2D eigenvalue weighted by Crippen LogP contribution is -2.52. The Labute approximate surface area is 258 Å². The zero-order chi connectivity index (χ0) is 30.9. The molecule has 3 rings (SSSR count). The number of unbranched alkanes of at least 4 members (excludes halogenated alkanes) is 1. The van der Waals surface area contributed by atoms with Crippen LogP contribution in [0.5, 0.6) is 5.75 Å². The van der Waals surface area contributed by atoms with Gasteiger partial charge in [-0.3, -0.25) is 13.9 Å². The number of hydrogen-bond donors (Lipinski definition) is 1. The SMILES string of the molecule is CCCCNC(=O)[C@H](CC)N(Cc1ccc(Cl)c(Cl)c1)C(=O)CN(c1ccc(C)cc1)S(=O)(=O)c1ccc(OC)cc1. The van der Waals surface area contributed by atoms with Crippen LogP contribution in [0.2, 0.25) is 10.0 Å². The van der Waals surface area contributed by atoms with Gasteiger partial charge >= 0.3 is 0 Å². The first-order valence-corrected chi connectivity index (χ1v) is 16.0. The van der Waals surface area contributed by atoms with E-state index in [1.165, 1.54) is 24.1 Å². The van der Waals surface area contributed by atoms with Gasteiger partial charge in [-0.25, -0.2) is 8.42 Å². The lowest BCUT2D eigenvalue weighted by molar-refractivity contribution is -0.140. The second kappa shape index (κ2) is 15.3. The van der Waals surface area contributed by atoms with Crippen LogP contribution in [0, 0.1) is 6.92 Å². The molecule has 1 N–H and O–H groups in total. The highest BCUT2D eigenvalue weighted by atomic mass is 35.5. The van der Waals surface area contributed by atoms with Gasteiger partial charge in [0.05, 0.1) is 27.7 Å². The molecule has 0 unspecified atom stereocenters. The number of amides is 2. The lowest BCUT2D eigenvalue weighted by Gasteiger charge is -2.33. The molecule has 0 spiro atoms. The quantitative estimate of drug-likeness (QED) is 0.212. The molecular formula is C31H37Cl2N3O5S. The van der Waals surface area contributed by atoms with Gasteiger partial charge < -0.3 is 15.0 Å². The van der Waals surface area contributed by atoms with Crippen molar-refractivity contribution in [1.82, 2.24) is 10.2 Å². The van der Waals surface area contributed by atoms with Gasteiger partial charge in [0.1, 0.15) is 18.3 Å². The lowest BCUT2D eigenvalue weighted by atomic mass is 10.1. The summed E-state index contributed by atoms with van der Waals surface area (Å²) in [6, 6.07) is 17.0. The van der Waals surface area contributed by atoms with E-state index in [9.17, 15) is 18.0 Å². The molecule has 0 fully saturated rings. The zero-order valence-electron chi connectivity index (χ0n) is 24.3. The molecule has 42 heavy (non-hydrogen) atoms. The summed E-state index contributed by atoms with van der Waals surface area (Å²) in [7, 11) is -2.69. The largest absolute Gasteiger partial charge is 0.497 e. The van der Waals surface area contributed by atoms with Crippen LogP contribution in [0.4, 0.5) is 5.69 Å². The molecule has 0 saturated carbocycles. The molecule has 0 heterocycles. The van der Waals surface area contributed by atoms with Crippen molar-refractivity contribution in [3.63, 3.8) is 0 Å². The fourth-order valence-electron chi connectivity index (χ4n) is 4.38. The van der Waals surface area contributed by atoms with Crippen molar-refractivity contribution in [1.29, 1.82) is 0 Å². The monoisotopic (exact) mass is 633 g/mol.